The topological polar surface area (TPSA) is 47.3 Å². The van der Waals surface area contributed by atoms with E-state index in [1.165, 1.54) is 0 Å². The van der Waals surface area contributed by atoms with Gasteiger partial charge in [-0.25, -0.2) is 0 Å². The second kappa shape index (κ2) is 5.69. The van der Waals surface area contributed by atoms with E-state index in [-0.39, 0.29) is 0 Å². The summed E-state index contributed by atoms with van der Waals surface area (Å²) in [6.45, 7) is 2.36. The van der Waals surface area contributed by atoms with Crippen molar-refractivity contribution in [3.63, 3.8) is 0 Å². The van der Waals surface area contributed by atoms with Gasteiger partial charge in [-0.15, -0.1) is 0 Å². The van der Waals surface area contributed by atoms with Crippen molar-refractivity contribution in [1.82, 2.24) is 9.78 Å². The van der Waals surface area contributed by atoms with Crippen LogP contribution in [0.25, 0.3) is 0 Å². The summed E-state index contributed by atoms with van der Waals surface area (Å²) in [6.07, 6.45) is 2.07. The second-order valence-corrected chi connectivity index (χ2v) is 4.23. The van der Waals surface area contributed by atoms with Crippen LogP contribution < -0.4 is 4.74 Å². The lowest BCUT2D eigenvalue weighted by atomic mass is 10.1. The molecule has 1 heterocycles. The number of rotatable bonds is 5. The highest BCUT2D eigenvalue weighted by atomic mass is 16.5. The molecule has 4 heteroatoms. The number of hydrogen-bond donors (Lipinski definition) is 1. The number of aromatic nitrogens is 2. The van der Waals surface area contributed by atoms with Crippen molar-refractivity contribution in [2.45, 2.75) is 26.1 Å². The van der Waals surface area contributed by atoms with Crippen molar-refractivity contribution in [2.75, 3.05) is 0 Å². The number of aliphatic hydroxyl groups excluding tert-OH is 1. The van der Waals surface area contributed by atoms with E-state index in [0.717, 1.165) is 17.0 Å². The molecule has 0 saturated carbocycles. The first-order chi connectivity index (χ1) is 8.70. The highest BCUT2D eigenvalue weighted by Gasteiger charge is 2.11. The first-order valence-corrected chi connectivity index (χ1v) is 6.09. The maximum Gasteiger partial charge on any atom is 0.132 e. The molecule has 2 rings (SSSR count). The largest absolute Gasteiger partial charge is 0.487 e. The Hall–Kier alpha value is -1.81. The Morgan fingerprint density at radius 1 is 1.33 bits per heavy atom. The molecule has 18 heavy (non-hydrogen) atoms. The van der Waals surface area contributed by atoms with E-state index in [1.807, 2.05) is 50.5 Å². The van der Waals surface area contributed by atoms with Gasteiger partial charge in [0.05, 0.1) is 11.8 Å². The van der Waals surface area contributed by atoms with Crippen molar-refractivity contribution >= 4 is 0 Å². The molecule has 0 bridgehead atoms. The molecule has 0 aliphatic carbocycles. The minimum absolute atomic E-state index is 0.411. The van der Waals surface area contributed by atoms with E-state index >= 15 is 0 Å². The number of aryl methyl sites for hydroxylation is 1. The van der Waals surface area contributed by atoms with Gasteiger partial charge < -0.3 is 9.84 Å². The van der Waals surface area contributed by atoms with E-state index in [0.29, 0.717) is 13.0 Å². The van der Waals surface area contributed by atoms with Crippen LogP contribution in [0.5, 0.6) is 5.75 Å². The number of hydrogen-bond acceptors (Lipinski definition) is 3. The van der Waals surface area contributed by atoms with Crippen LogP contribution in [0.2, 0.25) is 0 Å². The molecule has 0 fully saturated rings. The maximum atomic E-state index is 9.91. The molecule has 1 N–H and O–H groups in total. The van der Waals surface area contributed by atoms with Gasteiger partial charge in [-0.1, -0.05) is 25.1 Å². The van der Waals surface area contributed by atoms with Gasteiger partial charge in [-0.05, 0) is 18.6 Å². The summed E-state index contributed by atoms with van der Waals surface area (Å²) in [5.41, 5.74) is 1.70. The summed E-state index contributed by atoms with van der Waals surface area (Å²) in [7, 11) is 1.87. The summed E-state index contributed by atoms with van der Waals surface area (Å²) >= 11 is 0. The predicted molar refractivity (Wildman–Crippen MR) is 69.2 cm³/mol. The van der Waals surface area contributed by atoms with Crippen molar-refractivity contribution in [3.05, 3.63) is 47.8 Å². The molecular formula is C14H18N2O2. The molecule has 0 aliphatic rings. The Morgan fingerprint density at radius 3 is 2.78 bits per heavy atom. The number of ether oxygens (including phenoxy) is 1. The van der Waals surface area contributed by atoms with Gasteiger partial charge in [0, 0.05) is 18.8 Å². The lowest BCUT2D eigenvalue weighted by Crippen LogP contribution is -2.03. The molecule has 4 nitrogen and oxygen atoms in total. The lowest BCUT2D eigenvalue weighted by molar-refractivity contribution is 0.166. The Labute approximate surface area is 107 Å². The van der Waals surface area contributed by atoms with E-state index < -0.39 is 6.10 Å². The van der Waals surface area contributed by atoms with Crippen molar-refractivity contribution < 1.29 is 9.84 Å². The van der Waals surface area contributed by atoms with E-state index in [4.69, 9.17) is 4.74 Å². The summed E-state index contributed by atoms with van der Waals surface area (Å²) < 4.78 is 7.47. The van der Waals surface area contributed by atoms with Crippen molar-refractivity contribution in [2.24, 2.45) is 7.05 Å². The van der Waals surface area contributed by atoms with Crippen LogP contribution in [0.4, 0.5) is 0 Å². The van der Waals surface area contributed by atoms with E-state index in [1.54, 1.807) is 4.68 Å². The highest BCUT2D eigenvalue weighted by molar-refractivity contribution is 5.35. The van der Waals surface area contributed by atoms with Gasteiger partial charge in [0.25, 0.3) is 0 Å². The molecule has 0 amide bonds. The van der Waals surface area contributed by atoms with Crippen LogP contribution in [0.1, 0.15) is 30.7 Å². The molecule has 0 saturated heterocycles. The van der Waals surface area contributed by atoms with Crippen LogP contribution in [0.15, 0.2) is 36.5 Å². The molecule has 0 unspecified atom stereocenters. The molecule has 0 spiro atoms. The van der Waals surface area contributed by atoms with Gasteiger partial charge >= 0.3 is 0 Å². The summed E-state index contributed by atoms with van der Waals surface area (Å²) in [6, 6.07) is 9.49. The Kier molecular flexibility index (Phi) is 3.99. The lowest BCUT2D eigenvalue weighted by Gasteiger charge is -2.14. The molecule has 1 aromatic carbocycles. The van der Waals surface area contributed by atoms with Crippen molar-refractivity contribution in [3.8, 4) is 5.75 Å². The Balaban J connectivity index is 2.09. The fraction of sp³-hybridized carbons (Fsp3) is 0.357. The fourth-order valence-electron chi connectivity index (χ4n) is 1.80. The van der Waals surface area contributed by atoms with Gasteiger partial charge in [0.1, 0.15) is 12.4 Å². The number of benzene rings is 1. The molecule has 96 valence electrons. The fourth-order valence-corrected chi connectivity index (χ4v) is 1.80. The number of para-hydroxylation sites is 1. The molecule has 0 aliphatic heterocycles. The first-order valence-electron chi connectivity index (χ1n) is 6.09. The summed E-state index contributed by atoms with van der Waals surface area (Å²) in [5, 5.41) is 14.2. The van der Waals surface area contributed by atoms with Crippen LogP contribution in [0, 0.1) is 0 Å². The number of nitrogens with zero attached hydrogens (tertiary/aromatic N) is 2. The zero-order chi connectivity index (χ0) is 13.0. The zero-order valence-electron chi connectivity index (χ0n) is 10.7. The third kappa shape index (κ3) is 2.90. The Morgan fingerprint density at radius 2 is 2.11 bits per heavy atom. The van der Waals surface area contributed by atoms with Crippen LogP contribution in [-0.4, -0.2) is 14.9 Å². The zero-order valence-corrected chi connectivity index (χ0v) is 10.7. The summed E-state index contributed by atoms with van der Waals surface area (Å²) in [5.74, 6) is 0.720. The van der Waals surface area contributed by atoms with E-state index in [9.17, 15) is 5.11 Å². The minimum atomic E-state index is -0.482. The normalized spacial score (nSPS) is 12.4. The molecular weight excluding hydrogens is 228 g/mol. The third-order valence-corrected chi connectivity index (χ3v) is 2.81. The monoisotopic (exact) mass is 246 g/mol. The molecule has 2 aromatic rings. The summed E-state index contributed by atoms with van der Waals surface area (Å²) in [4.78, 5) is 0. The average Bonchev–Trinajstić information content (AvgIpc) is 2.81. The second-order valence-electron chi connectivity index (χ2n) is 4.23. The Bertz CT molecular complexity index is 508. The van der Waals surface area contributed by atoms with Crippen LogP contribution >= 0.6 is 0 Å². The molecule has 1 aromatic heterocycles. The van der Waals surface area contributed by atoms with Crippen LogP contribution in [0.3, 0.4) is 0 Å². The molecule has 0 radical (unpaired) electrons. The first kappa shape index (κ1) is 12.6. The number of aliphatic hydroxyl groups is 1. The van der Waals surface area contributed by atoms with Crippen LogP contribution in [-0.2, 0) is 13.7 Å². The molecule has 1 atom stereocenters. The average molecular weight is 246 g/mol. The SMILES string of the molecule is CC[C@@H](O)c1ccccc1OCc1ccn(C)n1. The van der Waals surface area contributed by atoms with Crippen molar-refractivity contribution in [1.29, 1.82) is 0 Å². The van der Waals surface area contributed by atoms with Gasteiger partial charge in [-0.2, -0.15) is 5.10 Å². The smallest absolute Gasteiger partial charge is 0.132 e. The maximum absolute atomic E-state index is 9.91. The van der Waals surface area contributed by atoms with E-state index in [2.05, 4.69) is 5.10 Å². The van der Waals surface area contributed by atoms with Gasteiger partial charge in [0.15, 0.2) is 0 Å². The quantitative estimate of drug-likeness (QED) is 0.881. The highest BCUT2D eigenvalue weighted by Crippen LogP contribution is 2.27. The third-order valence-electron chi connectivity index (χ3n) is 2.81. The standard InChI is InChI=1S/C14H18N2O2/c1-3-13(17)12-6-4-5-7-14(12)18-10-11-8-9-16(2)15-11/h4-9,13,17H,3,10H2,1-2H3/t13-/m1/s1. The van der Waals surface area contributed by atoms with Gasteiger partial charge in [-0.3, -0.25) is 4.68 Å². The predicted octanol–water partition coefficient (Wildman–Crippen LogP) is 2.44. The van der Waals surface area contributed by atoms with Gasteiger partial charge in [0.2, 0.25) is 0 Å². The minimum Gasteiger partial charge on any atom is -0.487 e.